The van der Waals surface area contributed by atoms with Crippen LogP contribution in [0.4, 0.5) is 21.9 Å². The molecule has 184 valence electrons. The van der Waals surface area contributed by atoms with Crippen LogP contribution in [0.1, 0.15) is 24.4 Å². The second-order valence-corrected chi connectivity index (χ2v) is 8.35. The Morgan fingerprint density at radius 1 is 1.00 bits per heavy atom. The monoisotopic (exact) mass is 487 g/mol. The summed E-state index contributed by atoms with van der Waals surface area (Å²) in [6, 6.07) is 17.9. The zero-order valence-electron chi connectivity index (χ0n) is 19.3. The van der Waals surface area contributed by atoms with Gasteiger partial charge in [-0.05, 0) is 42.0 Å². The van der Waals surface area contributed by atoms with Crippen LogP contribution in [0.15, 0.2) is 79.1 Å². The number of hydrogen-bond acceptors (Lipinski definition) is 5. The van der Waals surface area contributed by atoms with Crippen molar-refractivity contribution in [3.05, 3.63) is 84.7 Å². The summed E-state index contributed by atoms with van der Waals surface area (Å²) in [5.41, 5.74) is 2.24. The minimum atomic E-state index is -1.06. The highest BCUT2D eigenvalue weighted by molar-refractivity contribution is 6.02. The highest BCUT2D eigenvalue weighted by Crippen LogP contribution is 2.28. The molecule has 1 aliphatic rings. The first-order chi connectivity index (χ1) is 17.4. The maximum absolute atomic E-state index is 13.0. The quantitative estimate of drug-likeness (QED) is 0.384. The Balaban J connectivity index is 1.40. The van der Waals surface area contributed by atoms with Gasteiger partial charge in [0.15, 0.2) is 0 Å². The third-order valence-electron chi connectivity index (χ3n) is 5.73. The molecule has 1 fully saturated rings. The molecule has 2 unspecified atom stereocenters. The standard InChI is InChI=1S/C26H25N5O5/c32-23-12-18(25(35)30-22(14-24(33)34)17-6-5-11-27-15-17)16-31(23)21-10-4-9-20(13-21)29-26(36)28-19-7-2-1-3-8-19/h1-11,13,15,18,22H,12,14,16H2,(H,30,35)(H,33,34)(H2,28,29,36). The number of pyridine rings is 1. The van der Waals surface area contributed by atoms with Gasteiger partial charge in [0.25, 0.3) is 0 Å². The molecule has 0 spiro atoms. The normalized spacial score (nSPS) is 15.7. The van der Waals surface area contributed by atoms with E-state index >= 15 is 0 Å². The Hall–Kier alpha value is -4.73. The molecule has 10 nitrogen and oxygen atoms in total. The number of aromatic nitrogens is 1. The summed E-state index contributed by atoms with van der Waals surface area (Å²) in [6.07, 6.45) is 2.75. The fraction of sp³-hybridized carbons (Fsp3) is 0.192. The van der Waals surface area contributed by atoms with Crippen molar-refractivity contribution in [1.82, 2.24) is 10.3 Å². The molecule has 3 aromatic rings. The zero-order valence-corrected chi connectivity index (χ0v) is 19.3. The highest BCUT2D eigenvalue weighted by atomic mass is 16.4. The second kappa shape index (κ2) is 11.1. The summed E-state index contributed by atoms with van der Waals surface area (Å²) in [5, 5.41) is 17.5. The van der Waals surface area contributed by atoms with Gasteiger partial charge in [0.05, 0.1) is 18.4 Å². The molecule has 1 aliphatic heterocycles. The van der Waals surface area contributed by atoms with Crippen LogP contribution in [0.25, 0.3) is 0 Å². The Labute approximate surface area is 207 Å². The van der Waals surface area contributed by atoms with E-state index in [-0.39, 0.29) is 25.3 Å². The lowest BCUT2D eigenvalue weighted by Gasteiger charge is -2.20. The number of urea groups is 1. The van der Waals surface area contributed by atoms with Crippen LogP contribution in [0.3, 0.4) is 0 Å². The van der Waals surface area contributed by atoms with E-state index in [1.54, 1.807) is 54.7 Å². The molecule has 1 saturated heterocycles. The molecular formula is C26H25N5O5. The van der Waals surface area contributed by atoms with Gasteiger partial charge in [0, 0.05) is 42.4 Å². The molecule has 10 heteroatoms. The number of carbonyl (C=O) groups is 4. The number of hydrogen-bond donors (Lipinski definition) is 4. The Bertz CT molecular complexity index is 1250. The van der Waals surface area contributed by atoms with Crippen molar-refractivity contribution >= 4 is 40.9 Å². The number of carboxylic acids is 1. The van der Waals surface area contributed by atoms with E-state index in [0.29, 0.717) is 22.6 Å². The number of carboxylic acid groups (broad SMARTS) is 1. The number of aliphatic carboxylic acids is 1. The number of nitrogens with zero attached hydrogens (tertiary/aromatic N) is 2. The Morgan fingerprint density at radius 3 is 2.47 bits per heavy atom. The van der Waals surface area contributed by atoms with Crippen molar-refractivity contribution in [1.29, 1.82) is 0 Å². The topological polar surface area (TPSA) is 141 Å². The molecule has 4 amide bonds. The first kappa shape index (κ1) is 24.4. The van der Waals surface area contributed by atoms with E-state index in [2.05, 4.69) is 20.9 Å². The largest absolute Gasteiger partial charge is 0.481 e. The van der Waals surface area contributed by atoms with E-state index in [9.17, 15) is 24.3 Å². The summed E-state index contributed by atoms with van der Waals surface area (Å²) < 4.78 is 0. The summed E-state index contributed by atoms with van der Waals surface area (Å²) in [6.45, 7) is 0.136. The van der Waals surface area contributed by atoms with E-state index in [0.717, 1.165) is 0 Å². The third kappa shape index (κ3) is 6.23. The van der Waals surface area contributed by atoms with Crippen molar-refractivity contribution in [3.63, 3.8) is 0 Å². The van der Waals surface area contributed by atoms with Crippen molar-refractivity contribution < 1.29 is 24.3 Å². The predicted octanol–water partition coefficient (Wildman–Crippen LogP) is 3.41. The molecular weight excluding hydrogens is 462 g/mol. The van der Waals surface area contributed by atoms with Gasteiger partial charge >= 0.3 is 12.0 Å². The first-order valence-electron chi connectivity index (χ1n) is 11.3. The fourth-order valence-electron chi connectivity index (χ4n) is 4.00. The second-order valence-electron chi connectivity index (χ2n) is 8.35. The average molecular weight is 488 g/mol. The SMILES string of the molecule is O=C(O)CC(NC(=O)C1CC(=O)N(c2cccc(NC(=O)Nc3ccccc3)c2)C1)c1cccnc1. The number of para-hydroxylation sites is 1. The molecule has 2 heterocycles. The van der Waals surface area contributed by atoms with Crippen LogP contribution in [0.2, 0.25) is 0 Å². The van der Waals surface area contributed by atoms with Gasteiger partial charge in [-0.2, -0.15) is 0 Å². The molecule has 0 bridgehead atoms. The molecule has 1 aromatic heterocycles. The predicted molar refractivity (Wildman–Crippen MR) is 133 cm³/mol. The van der Waals surface area contributed by atoms with Gasteiger partial charge in [-0.3, -0.25) is 19.4 Å². The van der Waals surface area contributed by atoms with E-state index in [4.69, 9.17) is 0 Å². The van der Waals surface area contributed by atoms with Crippen molar-refractivity contribution in [2.75, 3.05) is 22.1 Å². The van der Waals surface area contributed by atoms with Gasteiger partial charge < -0.3 is 26.0 Å². The Kier molecular flexibility index (Phi) is 7.54. The molecule has 4 N–H and O–H groups in total. The number of benzene rings is 2. The molecule has 0 saturated carbocycles. The van der Waals surface area contributed by atoms with Crippen molar-refractivity contribution in [2.45, 2.75) is 18.9 Å². The Morgan fingerprint density at radius 2 is 1.75 bits per heavy atom. The van der Waals surface area contributed by atoms with E-state index < -0.39 is 29.9 Å². The van der Waals surface area contributed by atoms with E-state index in [1.807, 2.05) is 18.2 Å². The van der Waals surface area contributed by atoms with Crippen LogP contribution in [0.5, 0.6) is 0 Å². The van der Waals surface area contributed by atoms with Gasteiger partial charge in [0.2, 0.25) is 11.8 Å². The third-order valence-corrected chi connectivity index (χ3v) is 5.73. The fourth-order valence-corrected chi connectivity index (χ4v) is 4.00. The van der Waals surface area contributed by atoms with Gasteiger partial charge in [-0.25, -0.2) is 4.79 Å². The maximum atomic E-state index is 13.0. The smallest absolute Gasteiger partial charge is 0.323 e. The van der Waals surface area contributed by atoms with Crippen molar-refractivity contribution in [2.24, 2.45) is 5.92 Å². The number of nitrogens with one attached hydrogen (secondary N) is 3. The van der Waals surface area contributed by atoms with Gasteiger partial charge in [-0.1, -0.05) is 30.3 Å². The molecule has 2 aromatic carbocycles. The van der Waals surface area contributed by atoms with E-state index in [1.165, 1.54) is 11.1 Å². The minimum Gasteiger partial charge on any atom is -0.481 e. The van der Waals surface area contributed by atoms with Crippen LogP contribution in [-0.4, -0.2) is 40.5 Å². The molecule has 2 atom stereocenters. The van der Waals surface area contributed by atoms with Crippen LogP contribution < -0.4 is 20.9 Å². The highest BCUT2D eigenvalue weighted by Gasteiger charge is 2.36. The minimum absolute atomic E-state index is 0.00911. The van der Waals surface area contributed by atoms with Crippen LogP contribution in [-0.2, 0) is 14.4 Å². The summed E-state index contributed by atoms with van der Waals surface area (Å²) in [4.78, 5) is 54.8. The van der Waals surface area contributed by atoms with Crippen LogP contribution in [0, 0.1) is 5.92 Å². The number of amides is 4. The first-order valence-corrected chi connectivity index (χ1v) is 11.3. The van der Waals surface area contributed by atoms with Crippen molar-refractivity contribution in [3.8, 4) is 0 Å². The summed E-state index contributed by atoms with van der Waals surface area (Å²) >= 11 is 0. The molecule has 4 rings (SSSR count). The number of carbonyl (C=O) groups excluding carboxylic acids is 3. The maximum Gasteiger partial charge on any atom is 0.323 e. The van der Waals surface area contributed by atoms with Gasteiger partial charge in [-0.15, -0.1) is 0 Å². The summed E-state index contributed by atoms with van der Waals surface area (Å²) in [7, 11) is 0. The summed E-state index contributed by atoms with van der Waals surface area (Å²) in [5.74, 6) is -2.35. The lowest BCUT2D eigenvalue weighted by Crippen LogP contribution is -2.36. The van der Waals surface area contributed by atoms with Gasteiger partial charge in [0.1, 0.15) is 0 Å². The van der Waals surface area contributed by atoms with Crippen LogP contribution >= 0.6 is 0 Å². The molecule has 36 heavy (non-hydrogen) atoms. The lowest BCUT2D eigenvalue weighted by molar-refractivity contribution is -0.138. The number of rotatable bonds is 8. The lowest BCUT2D eigenvalue weighted by atomic mass is 10.0. The molecule has 0 radical (unpaired) electrons. The average Bonchev–Trinajstić information content (AvgIpc) is 3.26. The molecule has 0 aliphatic carbocycles. The zero-order chi connectivity index (χ0) is 25.5. The number of anilines is 3.